The molecule has 5 heteroatoms. The van der Waals surface area contributed by atoms with Crippen LogP contribution in [0.2, 0.25) is 0 Å². The highest BCUT2D eigenvalue weighted by Crippen LogP contribution is 2.07. The van der Waals surface area contributed by atoms with Crippen molar-refractivity contribution < 1.29 is 4.79 Å². The summed E-state index contributed by atoms with van der Waals surface area (Å²) in [5.41, 5.74) is 0.695. The summed E-state index contributed by atoms with van der Waals surface area (Å²) in [6.07, 6.45) is 3.78. The van der Waals surface area contributed by atoms with Crippen LogP contribution in [0.25, 0.3) is 0 Å². The number of nitrogens with zero attached hydrogens (tertiary/aromatic N) is 3. The van der Waals surface area contributed by atoms with Gasteiger partial charge in [0.1, 0.15) is 11.6 Å². The van der Waals surface area contributed by atoms with Gasteiger partial charge >= 0.3 is 0 Å². The van der Waals surface area contributed by atoms with Gasteiger partial charge in [0.2, 0.25) is 6.41 Å². The lowest BCUT2D eigenvalue weighted by molar-refractivity contribution is -0.105. The third-order valence-corrected chi connectivity index (χ3v) is 1.40. The Bertz CT molecular complexity index is 335. The molecular formula is C8H10N4O. The van der Waals surface area contributed by atoms with E-state index in [1.165, 1.54) is 0 Å². The van der Waals surface area contributed by atoms with Crippen molar-refractivity contribution in [1.82, 2.24) is 9.97 Å². The number of aryl methyl sites for hydroxylation is 1. The van der Waals surface area contributed by atoms with E-state index < -0.39 is 0 Å². The van der Waals surface area contributed by atoms with Crippen LogP contribution in [0, 0.1) is 6.92 Å². The minimum Gasteiger partial charge on any atom is -0.313 e. The summed E-state index contributed by atoms with van der Waals surface area (Å²) >= 11 is 0. The second-order valence-corrected chi connectivity index (χ2v) is 2.37. The van der Waals surface area contributed by atoms with Gasteiger partial charge in [-0.3, -0.25) is 9.79 Å². The van der Waals surface area contributed by atoms with Crippen molar-refractivity contribution >= 4 is 18.4 Å². The predicted octanol–water partition coefficient (Wildman–Crippen LogP) is 0.402. The number of aliphatic imine (C=N–C) groups is 1. The predicted molar refractivity (Wildman–Crippen MR) is 50.0 cm³/mol. The molecule has 0 saturated carbocycles. The van der Waals surface area contributed by atoms with Crippen molar-refractivity contribution in [3.63, 3.8) is 0 Å². The summed E-state index contributed by atoms with van der Waals surface area (Å²) in [7, 11) is 1.64. The highest BCUT2D eigenvalue weighted by atomic mass is 16.1. The van der Waals surface area contributed by atoms with Gasteiger partial charge in [0.25, 0.3) is 0 Å². The first-order valence-electron chi connectivity index (χ1n) is 3.74. The smallest absolute Gasteiger partial charge is 0.212 e. The molecule has 1 aromatic heterocycles. The Hall–Kier alpha value is -1.78. The molecule has 0 fully saturated rings. The minimum atomic E-state index is 0.480. The number of aromatic nitrogens is 2. The van der Waals surface area contributed by atoms with E-state index in [0.29, 0.717) is 23.6 Å². The van der Waals surface area contributed by atoms with Crippen molar-refractivity contribution in [2.75, 3.05) is 12.4 Å². The molecule has 0 spiro atoms. The van der Waals surface area contributed by atoms with Crippen molar-refractivity contribution in [1.29, 1.82) is 0 Å². The molecule has 1 N–H and O–H groups in total. The van der Waals surface area contributed by atoms with E-state index in [0.717, 1.165) is 0 Å². The summed E-state index contributed by atoms with van der Waals surface area (Å²) in [5, 5.41) is 2.48. The number of amides is 1. The fraction of sp³-hybridized carbons (Fsp3) is 0.250. The molecule has 0 unspecified atom stereocenters. The largest absolute Gasteiger partial charge is 0.313 e. The number of hydrogen-bond acceptors (Lipinski definition) is 4. The highest BCUT2D eigenvalue weighted by molar-refractivity contribution is 5.88. The van der Waals surface area contributed by atoms with Gasteiger partial charge in [-0.25, -0.2) is 9.97 Å². The lowest BCUT2D eigenvalue weighted by atomic mass is 10.3. The molecule has 1 rings (SSSR count). The number of carbonyl (C=O) groups excluding carboxylic acids is 1. The SMILES string of the molecule is C/N=C\c1cnc(C)nc1NC=O. The van der Waals surface area contributed by atoms with Crippen LogP contribution in [0.15, 0.2) is 11.2 Å². The first-order valence-corrected chi connectivity index (χ1v) is 3.74. The van der Waals surface area contributed by atoms with Crippen molar-refractivity contribution in [2.24, 2.45) is 4.99 Å². The van der Waals surface area contributed by atoms with Gasteiger partial charge < -0.3 is 5.32 Å². The molecule has 5 nitrogen and oxygen atoms in total. The normalized spacial score (nSPS) is 10.3. The van der Waals surface area contributed by atoms with E-state index in [4.69, 9.17) is 0 Å². The maximum Gasteiger partial charge on any atom is 0.212 e. The van der Waals surface area contributed by atoms with Gasteiger partial charge in [-0.1, -0.05) is 0 Å². The molecule has 0 aromatic carbocycles. The minimum absolute atomic E-state index is 0.480. The van der Waals surface area contributed by atoms with Crippen molar-refractivity contribution in [2.45, 2.75) is 6.92 Å². The van der Waals surface area contributed by atoms with Crippen LogP contribution in [0.1, 0.15) is 11.4 Å². The Morgan fingerprint density at radius 2 is 2.38 bits per heavy atom. The Balaban J connectivity index is 3.09. The van der Waals surface area contributed by atoms with Crippen LogP contribution in [0.5, 0.6) is 0 Å². The van der Waals surface area contributed by atoms with Crippen LogP contribution < -0.4 is 5.32 Å². The number of carbonyl (C=O) groups is 1. The van der Waals surface area contributed by atoms with Gasteiger partial charge in [-0.05, 0) is 6.92 Å². The van der Waals surface area contributed by atoms with E-state index in [1.807, 2.05) is 0 Å². The molecule has 0 atom stereocenters. The first-order chi connectivity index (χ1) is 6.27. The van der Waals surface area contributed by atoms with E-state index in [1.54, 1.807) is 26.4 Å². The number of hydrogen-bond donors (Lipinski definition) is 1. The molecule has 0 radical (unpaired) electrons. The van der Waals surface area contributed by atoms with Gasteiger partial charge in [-0.2, -0.15) is 0 Å². The lowest BCUT2D eigenvalue weighted by Crippen LogP contribution is -2.03. The molecule has 13 heavy (non-hydrogen) atoms. The first kappa shape index (κ1) is 9.31. The average molecular weight is 178 g/mol. The van der Waals surface area contributed by atoms with Crippen LogP contribution in [0.3, 0.4) is 0 Å². The summed E-state index contributed by atoms with van der Waals surface area (Å²) in [5.74, 6) is 1.09. The number of rotatable bonds is 3. The van der Waals surface area contributed by atoms with E-state index in [2.05, 4.69) is 20.3 Å². The van der Waals surface area contributed by atoms with E-state index in [-0.39, 0.29) is 0 Å². The zero-order valence-corrected chi connectivity index (χ0v) is 7.48. The van der Waals surface area contributed by atoms with Crippen molar-refractivity contribution in [3.8, 4) is 0 Å². The lowest BCUT2D eigenvalue weighted by Gasteiger charge is -2.02. The summed E-state index contributed by atoms with van der Waals surface area (Å²) < 4.78 is 0. The van der Waals surface area contributed by atoms with E-state index >= 15 is 0 Å². The standard InChI is InChI=1S/C8H10N4O/c1-6-10-4-7(3-9-2)8(12-6)11-5-13/h3-5H,1-2H3,(H,10,11,12,13)/b9-3-. The Morgan fingerprint density at radius 3 is 3.00 bits per heavy atom. The number of anilines is 1. The van der Waals surface area contributed by atoms with Crippen molar-refractivity contribution in [3.05, 3.63) is 17.6 Å². The maximum absolute atomic E-state index is 10.2. The van der Waals surface area contributed by atoms with Gasteiger partial charge in [0.15, 0.2) is 0 Å². The van der Waals surface area contributed by atoms with Crippen LogP contribution in [0.4, 0.5) is 5.82 Å². The zero-order valence-electron chi connectivity index (χ0n) is 7.48. The molecule has 0 aliphatic rings. The van der Waals surface area contributed by atoms with Gasteiger partial charge in [0.05, 0.1) is 5.56 Å². The summed E-state index contributed by atoms with van der Waals surface area (Å²) in [4.78, 5) is 22.1. The topological polar surface area (TPSA) is 67.2 Å². The second-order valence-electron chi connectivity index (χ2n) is 2.37. The maximum atomic E-state index is 10.2. The highest BCUT2D eigenvalue weighted by Gasteiger charge is 2.01. The Kier molecular flexibility index (Phi) is 3.08. The van der Waals surface area contributed by atoms with Crippen LogP contribution >= 0.6 is 0 Å². The molecule has 68 valence electrons. The average Bonchev–Trinajstić information content (AvgIpc) is 2.10. The summed E-state index contributed by atoms with van der Waals surface area (Å²) in [6, 6.07) is 0. The Labute approximate surface area is 75.9 Å². The molecule has 0 aliphatic heterocycles. The third kappa shape index (κ3) is 2.33. The quantitative estimate of drug-likeness (QED) is 0.538. The monoisotopic (exact) mass is 178 g/mol. The fourth-order valence-corrected chi connectivity index (χ4v) is 0.884. The van der Waals surface area contributed by atoms with E-state index in [9.17, 15) is 4.79 Å². The van der Waals surface area contributed by atoms with Crippen LogP contribution in [-0.2, 0) is 4.79 Å². The fourth-order valence-electron chi connectivity index (χ4n) is 0.884. The molecule has 1 amide bonds. The molecule has 1 aromatic rings. The molecule has 0 aliphatic carbocycles. The van der Waals surface area contributed by atoms with Gasteiger partial charge in [-0.15, -0.1) is 0 Å². The third-order valence-electron chi connectivity index (χ3n) is 1.40. The molecule has 0 saturated heterocycles. The zero-order chi connectivity index (χ0) is 9.68. The second kappa shape index (κ2) is 4.30. The number of nitrogens with one attached hydrogen (secondary N) is 1. The van der Waals surface area contributed by atoms with Gasteiger partial charge in [0, 0.05) is 19.5 Å². The Morgan fingerprint density at radius 1 is 1.62 bits per heavy atom. The molecule has 1 heterocycles. The molecular weight excluding hydrogens is 168 g/mol. The van der Waals surface area contributed by atoms with Crippen LogP contribution in [-0.4, -0.2) is 29.6 Å². The molecule has 0 bridgehead atoms. The summed E-state index contributed by atoms with van der Waals surface area (Å²) in [6.45, 7) is 1.75.